The Morgan fingerprint density at radius 1 is 1.38 bits per heavy atom. The van der Waals surface area contributed by atoms with Crippen molar-refractivity contribution in [2.24, 2.45) is 5.90 Å². The predicted octanol–water partition coefficient (Wildman–Crippen LogP) is 2.04. The maximum absolute atomic E-state index is 12.5. The van der Waals surface area contributed by atoms with E-state index in [1.807, 2.05) is 6.92 Å². The zero-order valence-electron chi connectivity index (χ0n) is 7.66. The van der Waals surface area contributed by atoms with E-state index in [2.05, 4.69) is 4.84 Å². The third-order valence-electron chi connectivity index (χ3n) is 1.99. The highest BCUT2D eigenvalue weighted by atomic mass is 19.1. The Hall–Kier alpha value is -0.930. The molecule has 0 amide bonds. The zero-order valence-corrected chi connectivity index (χ0v) is 7.66. The van der Waals surface area contributed by atoms with Gasteiger partial charge in [0.2, 0.25) is 0 Å². The first-order valence-corrected chi connectivity index (χ1v) is 4.32. The third-order valence-corrected chi connectivity index (χ3v) is 1.99. The molecule has 1 rings (SSSR count). The molecule has 0 aromatic heterocycles. The van der Waals surface area contributed by atoms with Crippen molar-refractivity contribution >= 4 is 0 Å². The monoisotopic (exact) mass is 183 g/mol. The molecular weight excluding hydrogens is 169 g/mol. The number of halogens is 1. The largest absolute Gasteiger partial charge is 0.302 e. The average molecular weight is 183 g/mol. The fourth-order valence-corrected chi connectivity index (χ4v) is 1.09. The molecule has 0 aliphatic carbocycles. The van der Waals surface area contributed by atoms with Crippen molar-refractivity contribution in [3.63, 3.8) is 0 Å². The van der Waals surface area contributed by atoms with Crippen LogP contribution in [-0.4, -0.2) is 6.10 Å². The Morgan fingerprint density at radius 2 is 2.00 bits per heavy atom. The summed E-state index contributed by atoms with van der Waals surface area (Å²) >= 11 is 0. The minimum Gasteiger partial charge on any atom is -0.302 e. The molecule has 2 nitrogen and oxygen atoms in total. The lowest BCUT2D eigenvalue weighted by molar-refractivity contribution is 0.0610. The highest BCUT2D eigenvalue weighted by Crippen LogP contribution is 2.07. The lowest BCUT2D eigenvalue weighted by atomic mass is 10.1. The highest BCUT2D eigenvalue weighted by molar-refractivity contribution is 5.16. The molecule has 0 saturated carbocycles. The quantitative estimate of drug-likeness (QED) is 0.725. The molecule has 0 fully saturated rings. The van der Waals surface area contributed by atoms with E-state index >= 15 is 0 Å². The molecule has 2 N–H and O–H groups in total. The van der Waals surface area contributed by atoms with Gasteiger partial charge in [0.05, 0.1) is 6.10 Å². The maximum Gasteiger partial charge on any atom is 0.123 e. The van der Waals surface area contributed by atoms with Gasteiger partial charge in [-0.05, 0) is 37.5 Å². The molecule has 0 aliphatic heterocycles. The van der Waals surface area contributed by atoms with E-state index in [1.54, 1.807) is 12.1 Å². The van der Waals surface area contributed by atoms with Crippen molar-refractivity contribution in [1.29, 1.82) is 0 Å². The van der Waals surface area contributed by atoms with Crippen LogP contribution in [0.15, 0.2) is 24.3 Å². The summed E-state index contributed by atoms with van der Waals surface area (Å²) in [5.74, 6) is 4.80. The first-order chi connectivity index (χ1) is 6.22. The first kappa shape index (κ1) is 10.2. The molecule has 1 aromatic carbocycles. The van der Waals surface area contributed by atoms with Crippen LogP contribution in [0.4, 0.5) is 4.39 Å². The number of nitrogens with two attached hydrogens (primary N) is 1. The van der Waals surface area contributed by atoms with Gasteiger partial charge in [0.25, 0.3) is 0 Å². The molecule has 72 valence electrons. The Kier molecular flexibility index (Phi) is 3.86. The molecule has 3 heteroatoms. The first-order valence-electron chi connectivity index (χ1n) is 4.32. The van der Waals surface area contributed by atoms with Crippen LogP contribution in [-0.2, 0) is 11.3 Å². The van der Waals surface area contributed by atoms with Gasteiger partial charge in [0, 0.05) is 0 Å². The molecule has 0 bridgehead atoms. The topological polar surface area (TPSA) is 35.2 Å². The van der Waals surface area contributed by atoms with Gasteiger partial charge in [-0.15, -0.1) is 0 Å². The van der Waals surface area contributed by atoms with Crippen molar-refractivity contribution in [3.8, 4) is 0 Å². The molecule has 0 heterocycles. The van der Waals surface area contributed by atoms with Crippen LogP contribution in [0.1, 0.15) is 18.9 Å². The SMILES string of the molecule is CC(CCc1ccc(F)cc1)ON. The zero-order chi connectivity index (χ0) is 9.68. The fraction of sp³-hybridized carbons (Fsp3) is 0.400. The Morgan fingerprint density at radius 3 is 2.54 bits per heavy atom. The van der Waals surface area contributed by atoms with Gasteiger partial charge < -0.3 is 4.84 Å². The standard InChI is InChI=1S/C10H14FNO/c1-8(13-12)2-3-9-4-6-10(11)7-5-9/h4-8H,2-3,12H2,1H3. The molecule has 1 aromatic rings. The average Bonchev–Trinajstić information content (AvgIpc) is 2.16. The van der Waals surface area contributed by atoms with Crippen LogP contribution >= 0.6 is 0 Å². The van der Waals surface area contributed by atoms with Gasteiger partial charge in [-0.3, -0.25) is 0 Å². The molecule has 0 saturated heterocycles. The van der Waals surface area contributed by atoms with E-state index in [1.165, 1.54) is 12.1 Å². The Labute approximate surface area is 77.5 Å². The van der Waals surface area contributed by atoms with E-state index < -0.39 is 0 Å². The summed E-state index contributed by atoms with van der Waals surface area (Å²) in [5.41, 5.74) is 1.10. The molecule has 1 atom stereocenters. The van der Waals surface area contributed by atoms with Gasteiger partial charge in [0.1, 0.15) is 5.82 Å². The summed E-state index contributed by atoms with van der Waals surface area (Å²) in [6, 6.07) is 6.48. The number of hydrogen-bond donors (Lipinski definition) is 1. The summed E-state index contributed by atoms with van der Waals surface area (Å²) in [5, 5.41) is 0. The minimum atomic E-state index is -0.202. The van der Waals surface area contributed by atoms with Gasteiger partial charge in [-0.1, -0.05) is 12.1 Å². The van der Waals surface area contributed by atoms with Gasteiger partial charge in [-0.2, -0.15) is 0 Å². The number of hydrogen-bond acceptors (Lipinski definition) is 2. The van der Waals surface area contributed by atoms with Crippen LogP contribution < -0.4 is 5.90 Å². The van der Waals surface area contributed by atoms with Crippen molar-refractivity contribution in [3.05, 3.63) is 35.6 Å². The molecular formula is C10H14FNO. The Balaban J connectivity index is 2.41. The summed E-state index contributed by atoms with van der Waals surface area (Å²) in [6.45, 7) is 1.91. The molecule has 0 radical (unpaired) electrons. The predicted molar refractivity (Wildman–Crippen MR) is 49.5 cm³/mol. The summed E-state index contributed by atoms with van der Waals surface area (Å²) in [6.07, 6.45) is 1.76. The number of benzene rings is 1. The van der Waals surface area contributed by atoms with Crippen molar-refractivity contribution in [2.75, 3.05) is 0 Å². The second-order valence-electron chi connectivity index (χ2n) is 3.11. The fourth-order valence-electron chi connectivity index (χ4n) is 1.09. The van der Waals surface area contributed by atoms with E-state index in [0.717, 1.165) is 18.4 Å². The highest BCUT2D eigenvalue weighted by Gasteiger charge is 2.00. The van der Waals surface area contributed by atoms with Crippen LogP contribution in [0.5, 0.6) is 0 Å². The number of rotatable bonds is 4. The van der Waals surface area contributed by atoms with Gasteiger partial charge >= 0.3 is 0 Å². The minimum absolute atomic E-state index is 0.0463. The van der Waals surface area contributed by atoms with E-state index in [0.29, 0.717) is 0 Å². The van der Waals surface area contributed by atoms with E-state index in [9.17, 15) is 4.39 Å². The molecule has 0 spiro atoms. The van der Waals surface area contributed by atoms with Crippen LogP contribution in [0, 0.1) is 5.82 Å². The third kappa shape index (κ3) is 3.53. The molecule has 1 unspecified atom stereocenters. The number of aryl methyl sites for hydroxylation is 1. The Bertz CT molecular complexity index is 248. The van der Waals surface area contributed by atoms with Crippen molar-refractivity contribution < 1.29 is 9.23 Å². The van der Waals surface area contributed by atoms with E-state index in [4.69, 9.17) is 5.90 Å². The van der Waals surface area contributed by atoms with Crippen molar-refractivity contribution in [1.82, 2.24) is 0 Å². The molecule has 13 heavy (non-hydrogen) atoms. The normalized spacial score (nSPS) is 12.8. The summed E-state index contributed by atoms with van der Waals surface area (Å²) in [4.78, 5) is 4.62. The second-order valence-corrected chi connectivity index (χ2v) is 3.11. The van der Waals surface area contributed by atoms with Crippen LogP contribution in [0.3, 0.4) is 0 Å². The van der Waals surface area contributed by atoms with Crippen LogP contribution in [0.2, 0.25) is 0 Å². The maximum atomic E-state index is 12.5. The smallest absolute Gasteiger partial charge is 0.123 e. The summed E-state index contributed by atoms with van der Waals surface area (Å²) < 4.78 is 12.5. The van der Waals surface area contributed by atoms with Gasteiger partial charge in [0.15, 0.2) is 0 Å². The van der Waals surface area contributed by atoms with Crippen LogP contribution in [0.25, 0.3) is 0 Å². The van der Waals surface area contributed by atoms with Crippen molar-refractivity contribution in [2.45, 2.75) is 25.9 Å². The summed E-state index contributed by atoms with van der Waals surface area (Å²) in [7, 11) is 0. The van der Waals surface area contributed by atoms with E-state index in [-0.39, 0.29) is 11.9 Å². The lowest BCUT2D eigenvalue weighted by Gasteiger charge is -2.07. The molecule has 0 aliphatic rings. The van der Waals surface area contributed by atoms with Gasteiger partial charge in [-0.25, -0.2) is 10.3 Å². The second kappa shape index (κ2) is 4.94. The lowest BCUT2D eigenvalue weighted by Crippen LogP contribution is -2.13.